The summed E-state index contributed by atoms with van der Waals surface area (Å²) < 4.78 is 19.7. The van der Waals surface area contributed by atoms with Crippen LogP contribution in [0.5, 0.6) is 5.75 Å². The van der Waals surface area contributed by atoms with Crippen molar-refractivity contribution in [3.63, 3.8) is 0 Å². The quantitative estimate of drug-likeness (QED) is 0.489. The fourth-order valence-corrected chi connectivity index (χ4v) is 4.12. The number of carbonyl (C=O) groups is 1. The number of phenols is 1. The van der Waals surface area contributed by atoms with E-state index in [9.17, 15) is 14.3 Å². The highest BCUT2D eigenvalue weighted by Gasteiger charge is 2.21. The Balaban J connectivity index is 1.72. The molecule has 4 aromatic rings. The summed E-state index contributed by atoms with van der Waals surface area (Å²) in [6, 6.07) is 17.2. The number of benzene rings is 2. The van der Waals surface area contributed by atoms with Crippen LogP contribution in [0.2, 0.25) is 0 Å². The number of rotatable bonds is 5. The maximum atomic E-state index is 14.3. The van der Waals surface area contributed by atoms with Gasteiger partial charge < -0.3 is 15.3 Å². The molecule has 6 heteroatoms. The Hall–Kier alpha value is -3.38. The second-order valence-corrected chi connectivity index (χ2v) is 7.46. The summed E-state index contributed by atoms with van der Waals surface area (Å²) in [4.78, 5) is 13.8. The largest absolute Gasteiger partial charge is 0.508 e. The highest BCUT2D eigenvalue weighted by Crippen LogP contribution is 2.35. The first kappa shape index (κ1) is 18.0. The molecule has 0 atom stereocenters. The smallest absolute Gasteiger partial charge is 0.284 e. The van der Waals surface area contributed by atoms with Gasteiger partial charge >= 0.3 is 0 Å². The van der Waals surface area contributed by atoms with E-state index >= 15 is 0 Å². The molecule has 0 bridgehead atoms. The highest BCUT2D eigenvalue weighted by atomic mass is 32.1. The Morgan fingerprint density at radius 2 is 1.79 bits per heavy atom. The first-order valence-corrected chi connectivity index (χ1v) is 9.38. The molecule has 0 spiro atoms. The number of primary amides is 1. The molecule has 0 aliphatic carbocycles. The zero-order chi connectivity index (χ0) is 19.7. The third-order valence-corrected chi connectivity index (χ3v) is 5.58. The zero-order valence-electron chi connectivity index (χ0n) is 14.7. The van der Waals surface area contributed by atoms with Gasteiger partial charge in [-0.2, -0.15) is 0 Å². The van der Waals surface area contributed by atoms with Gasteiger partial charge in [0.05, 0.1) is 6.26 Å². The van der Waals surface area contributed by atoms with Crippen molar-refractivity contribution in [2.45, 2.75) is 6.42 Å². The third kappa shape index (κ3) is 3.42. The number of furan rings is 1. The van der Waals surface area contributed by atoms with Gasteiger partial charge in [0.2, 0.25) is 0 Å². The topological polar surface area (TPSA) is 76.5 Å². The predicted molar refractivity (Wildman–Crippen MR) is 107 cm³/mol. The van der Waals surface area contributed by atoms with Crippen molar-refractivity contribution < 1.29 is 18.7 Å². The minimum atomic E-state index is -0.687. The lowest BCUT2D eigenvalue weighted by molar-refractivity contribution is 0.0973. The van der Waals surface area contributed by atoms with E-state index in [-0.39, 0.29) is 11.5 Å². The fourth-order valence-electron chi connectivity index (χ4n) is 3.10. The molecule has 4 rings (SSSR count). The van der Waals surface area contributed by atoms with Crippen LogP contribution in [-0.4, -0.2) is 11.0 Å². The number of halogens is 1. The number of aromatic hydroxyl groups is 1. The highest BCUT2D eigenvalue weighted by molar-refractivity contribution is 7.15. The molecule has 0 saturated heterocycles. The average Bonchev–Trinajstić information content (AvgIpc) is 3.31. The summed E-state index contributed by atoms with van der Waals surface area (Å²) in [7, 11) is 0. The van der Waals surface area contributed by atoms with Crippen LogP contribution in [0, 0.1) is 5.82 Å². The van der Waals surface area contributed by atoms with E-state index in [4.69, 9.17) is 10.2 Å². The molecule has 2 heterocycles. The lowest BCUT2D eigenvalue weighted by Gasteiger charge is -2.05. The molecule has 2 aromatic carbocycles. The summed E-state index contributed by atoms with van der Waals surface area (Å²) in [6.45, 7) is 0. The van der Waals surface area contributed by atoms with Gasteiger partial charge in [-0.3, -0.25) is 4.79 Å². The maximum absolute atomic E-state index is 14.3. The molecule has 0 aliphatic heterocycles. The molecule has 3 N–H and O–H groups in total. The van der Waals surface area contributed by atoms with Gasteiger partial charge in [0.15, 0.2) is 5.76 Å². The zero-order valence-corrected chi connectivity index (χ0v) is 15.5. The van der Waals surface area contributed by atoms with Crippen molar-refractivity contribution in [1.82, 2.24) is 0 Å². The van der Waals surface area contributed by atoms with Crippen molar-refractivity contribution in [3.05, 3.63) is 88.9 Å². The van der Waals surface area contributed by atoms with E-state index in [1.807, 2.05) is 24.3 Å². The van der Waals surface area contributed by atoms with Crippen LogP contribution < -0.4 is 5.73 Å². The second kappa shape index (κ2) is 7.32. The minimum Gasteiger partial charge on any atom is -0.508 e. The van der Waals surface area contributed by atoms with Crippen molar-refractivity contribution >= 4 is 17.2 Å². The van der Waals surface area contributed by atoms with Crippen LogP contribution in [0.1, 0.15) is 21.0 Å². The Labute approximate surface area is 164 Å². The van der Waals surface area contributed by atoms with Gasteiger partial charge in [-0.05, 0) is 48.0 Å². The molecule has 0 aliphatic rings. The molecule has 2 aromatic heterocycles. The van der Waals surface area contributed by atoms with Gasteiger partial charge in [-0.1, -0.05) is 18.2 Å². The van der Waals surface area contributed by atoms with E-state index in [0.717, 1.165) is 15.3 Å². The van der Waals surface area contributed by atoms with Gasteiger partial charge in [-0.25, -0.2) is 4.39 Å². The van der Waals surface area contributed by atoms with Crippen molar-refractivity contribution in [3.8, 4) is 27.3 Å². The first-order valence-electron chi connectivity index (χ1n) is 8.56. The Morgan fingerprint density at radius 3 is 2.50 bits per heavy atom. The number of hydrogen-bond acceptors (Lipinski definition) is 4. The maximum Gasteiger partial charge on any atom is 0.284 e. The van der Waals surface area contributed by atoms with E-state index in [0.29, 0.717) is 23.1 Å². The van der Waals surface area contributed by atoms with Crippen molar-refractivity contribution in [2.24, 2.45) is 5.73 Å². The summed E-state index contributed by atoms with van der Waals surface area (Å²) in [5, 5.41) is 9.44. The standard InChI is InChI=1S/C22H16FNO3S/c23-19-4-2-1-3-16(19)18-12-27-21(22(24)26)17(18)11-15-9-10-20(28-15)13-5-7-14(25)8-6-13/h1-10,12,25H,11H2,(H2,24,26). The number of thiophene rings is 1. The minimum absolute atomic E-state index is 0.0397. The number of carbonyl (C=O) groups excluding carboxylic acids is 1. The lowest BCUT2D eigenvalue weighted by Crippen LogP contribution is -2.12. The lowest BCUT2D eigenvalue weighted by atomic mass is 9.99. The molecule has 0 fully saturated rings. The second-order valence-electron chi connectivity index (χ2n) is 6.29. The SMILES string of the molecule is NC(=O)c1occ(-c2ccccc2F)c1Cc1ccc(-c2ccc(O)cc2)s1. The number of nitrogens with two attached hydrogens (primary N) is 1. The Morgan fingerprint density at radius 1 is 1.04 bits per heavy atom. The number of amides is 1. The van der Waals surface area contributed by atoms with Crippen LogP contribution in [-0.2, 0) is 6.42 Å². The predicted octanol–water partition coefficient (Wildman–Crippen LogP) is 5.21. The Bertz CT molecular complexity index is 1140. The summed E-state index contributed by atoms with van der Waals surface area (Å²) >= 11 is 1.55. The molecule has 0 saturated carbocycles. The van der Waals surface area contributed by atoms with E-state index in [2.05, 4.69) is 0 Å². The number of hydrogen-bond donors (Lipinski definition) is 2. The van der Waals surface area contributed by atoms with Gasteiger partial charge in [0.1, 0.15) is 11.6 Å². The first-order chi connectivity index (χ1) is 13.5. The van der Waals surface area contributed by atoms with Gasteiger partial charge in [0, 0.05) is 32.9 Å². The average molecular weight is 393 g/mol. The van der Waals surface area contributed by atoms with Crippen molar-refractivity contribution in [2.75, 3.05) is 0 Å². The Kier molecular flexibility index (Phi) is 4.71. The number of phenolic OH excluding ortho intramolecular Hbond substituents is 1. The molecule has 4 nitrogen and oxygen atoms in total. The molecular formula is C22H16FNO3S. The molecular weight excluding hydrogens is 377 g/mol. The van der Waals surface area contributed by atoms with Crippen LogP contribution in [0.15, 0.2) is 71.3 Å². The van der Waals surface area contributed by atoms with Gasteiger partial charge in [-0.15, -0.1) is 11.3 Å². The van der Waals surface area contributed by atoms with E-state index < -0.39 is 11.7 Å². The molecule has 0 radical (unpaired) electrons. The van der Waals surface area contributed by atoms with E-state index in [1.165, 1.54) is 12.3 Å². The summed E-state index contributed by atoms with van der Waals surface area (Å²) in [5.41, 5.74) is 7.89. The third-order valence-electron chi connectivity index (χ3n) is 4.45. The normalized spacial score (nSPS) is 10.9. The molecule has 0 unspecified atom stereocenters. The van der Waals surface area contributed by atoms with Crippen LogP contribution in [0.4, 0.5) is 4.39 Å². The molecule has 1 amide bonds. The fraction of sp³-hybridized carbons (Fsp3) is 0.0455. The van der Waals surface area contributed by atoms with Gasteiger partial charge in [0.25, 0.3) is 5.91 Å². The molecule has 28 heavy (non-hydrogen) atoms. The van der Waals surface area contributed by atoms with Crippen molar-refractivity contribution in [1.29, 1.82) is 0 Å². The monoisotopic (exact) mass is 393 g/mol. The summed E-state index contributed by atoms with van der Waals surface area (Å²) in [6.07, 6.45) is 1.77. The summed E-state index contributed by atoms with van der Waals surface area (Å²) in [5.74, 6) is -0.832. The molecule has 140 valence electrons. The van der Waals surface area contributed by atoms with Crippen LogP contribution in [0.25, 0.3) is 21.6 Å². The van der Waals surface area contributed by atoms with Crippen LogP contribution >= 0.6 is 11.3 Å². The van der Waals surface area contributed by atoms with E-state index in [1.54, 1.807) is 41.7 Å². The van der Waals surface area contributed by atoms with Crippen LogP contribution in [0.3, 0.4) is 0 Å².